The van der Waals surface area contributed by atoms with Crippen molar-refractivity contribution in [1.29, 1.82) is 0 Å². The van der Waals surface area contributed by atoms with Crippen LogP contribution in [-0.2, 0) is 25.6 Å². The zero-order chi connectivity index (χ0) is 26.0. The molecule has 0 spiro atoms. The molecule has 1 heterocycles. The van der Waals surface area contributed by atoms with Crippen LogP contribution in [-0.4, -0.2) is 52.1 Å². The molecule has 192 valence electrons. The number of amides is 3. The van der Waals surface area contributed by atoms with Gasteiger partial charge in [0.05, 0.1) is 6.04 Å². The van der Waals surface area contributed by atoms with E-state index in [9.17, 15) is 19.2 Å². The third kappa shape index (κ3) is 9.25. The Bertz CT molecular complexity index is 1030. The SMILES string of the molecule is CC[C@H](C)CC(=O)N[C@@H](CSSC[C@H](C)C(=O)N[C@@H](Cc1c[nH]c2ccccc12)C(N)=O)C(C)=O. The van der Waals surface area contributed by atoms with Crippen LogP contribution in [0.15, 0.2) is 30.5 Å². The van der Waals surface area contributed by atoms with Crippen molar-refractivity contribution < 1.29 is 19.2 Å². The Hall–Kier alpha value is -2.46. The van der Waals surface area contributed by atoms with E-state index in [1.165, 1.54) is 28.5 Å². The second-order valence-corrected chi connectivity index (χ2v) is 11.5. The van der Waals surface area contributed by atoms with Crippen LogP contribution in [0.1, 0.15) is 46.1 Å². The number of H-pyrrole nitrogens is 1. The number of rotatable bonds is 15. The molecule has 0 saturated heterocycles. The maximum Gasteiger partial charge on any atom is 0.240 e. The number of hydrogen-bond donors (Lipinski definition) is 4. The lowest BCUT2D eigenvalue weighted by atomic mass is 10.0. The summed E-state index contributed by atoms with van der Waals surface area (Å²) in [6, 6.07) is 6.38. The summed E-state index contributed by atoms with van der Waals surface area (Å²) in [6.07, 6.45) is 3.43. The Kier molecular flexibility index (Phi) is 11.7. The zero-order valence-corrected chi connectivity index (χ0v) is 22.4. The lowest BCUT2D eigenvalue weighted by Gasteiger charge is -2.19. The number of fused-ring (bicyclic) bond motifs is 1. The molecule has 1 aromatic heterocycles. The molecule has 0 unspecified atom stereocenters. The van der Waals surface area contributed by atoms with Gasteiger partial charge in [-0.2, -0.15) is 0 Å². The molecule has 5 N–H and O–H groups in total. The largest absolute Gasteiger partial charge is 0.368 e. The van der Waals surface area contributed by atoms with E-state index in [2.05, 4.69) is 15.6 Å². The second-order valence-electron chi connectivity index (χ2n) is 8.95. The van der Waals surface area contributed by atoms with Gasteiger partial charge < -0.3 is 21.4 Å². The highest BCUT2D eigenvalue weighted by Gasteiger charge is 2.24. The minimum absolute atomic E-state index is 0.0945. The first-order valence-electron chi connectivity index (χ1n) is 11.8. The highest BCUT2D eigenvalue weighted by Crippen LogP contribution is 2.25. The van der Waals surface area contributed by atoms with Gasteiger partial charge in [0.15, 0.2) is 5.78 Å². The van der Waals surface area contributed by atoms with E-state index in [0.717, 1.165) is 22.9 Å². The molecule has 0 saturated carbocycles. The van der Waals surface area contributed by atoms with Gasteiger partial charge in [0.25, 0.3) is 0 Å². The van der Waals surface area contributed by atoms with Gasteiger partial charge in [-0.1, -0.05) is 67.0 Å². The van der Waals surface area contributed by atoms with Crippen LogP contribution in [0.2, 0.25) is 0 Å². The number of Topliss-reactive ketones (excluding diaryl/α,β-unsaturated/α-hetero) is 1. The van der Waals surface area contributed by atoms with Gasteiger partial charge in [0.1, 0.15) is 6.04 Å². The predicted molar refractivity (Wildman–Crippen MR) is 144 cm³/mol. The average Bonchev–Trinajstić information content (AvgIpc) is 3.22. The molecule has 35 heavy (non-hydrogen) atoms. The summed E-state index contributed by atoms with van der Waals surface area (Å²) in [7, 11) is 2.89. The number of aromatic amines is 1. The molecule has 0 aliphatic rings. The van der Waals surface area contributed by atoms with E-state index in [4.69, 9.17) is 5.73 Å². The fourth-order valence-corrected chi connectivity index (χ4v) is 5.97. The summed E-state index contributed by atoms with van der Waals surface area (Å²) >= 11 is 0. The number of benzene rings is 1. The van der Waals surface area contributed by atoms with Gasteiger partial charge in [-0.3, -0.25) is 19.2 Å². The quantitative estimate of drug-likeness (QED) is 0.210. The van der Waals surface area contributed by atoms with Gasteiger partial charge in [-0.25, -0.2) is 0 Å². The van der Waals surface area contributed by atoms with Crippen LogP contribution in [0.3, 0.4) is 0 Å². The van der Waals surface area contributed by atoms with Gasteiger partial charge in [-0.15, -0.1) is 0 Å². The minimum Gasteiger partial charge on any atom is -0.368 e. The first kappa shape index (κ1) is 28.8. The number of aromatic nitrogens is 1. The molecule has 0 aliphatic carbocycles. The highest BCUT2D eigenvalue weighted by atomic mass is 33.1. The van der Waals surface area contributed by atoms with E-state index in [1.807, 2.05) is 44.3 Å². The van der Waals surface area contributed by atoms with Crippen LogP contribution in [0.5, 0.6) is 0 Å². The number of carbonyl (C=O) groups is 4. The number of nitrogens with two attached hydrogens (primary N) is 1. The van der Waals surface area contributed by atoms with Crippen molar-refractivity contribution in [1.82, 2.24) is 15.6 Å². The summed E-state index contributed by atoms with van der Waals surface area (Å²) < 4.78 is 0. The summed E-state index contributed by atoms with van der Waals surface area (Å²) in [6.45, 7) is 7.27. The summed E-state index contributed by atoms with van der Waals surface area (Å²) in [5.74, 6) is -0.251. The van der Waals surface area contributed by atoms with E-state index >= 15 is 0 Å². The van der Waals surface area contributed by atoms with Crippen molar-refractivity contribution in [3.8, 4) is 0 Å². The molecule has 0 fully saturated rings. The third-order valence-electron chi connectivity index (χ3n) is 5.90. The summed E-state index contributed by atoms with van der Waals surface area (Å²) in [5, 5.41) is 6.57. The Balaban J connectivity index is 1.81. The first-order valence-corrected chi connectivity index (χ1v) is 14.3. The summed E-state index contributed by atoms with van der Waals surface area (Å²) in [4.78, 5) is 51.9. The monoisotopic (exact) mass is 520 g/mol. The fraction of sp³-hybridized carbons (Fsp3) is 0.520. The molecule has 0 bridgehead atoms. The number of carbonyl (C=O) groups excluding carboxylic acids is 4. The van der Waals surface area contributed by atoms with E-state index in [-0.39, 0.29) is 29.4 Å². The first-order chi connectivity index (χ1) is 16.6. The smallest absolute Gasteiger partial charge is 0.240 e. The molecule has 8 nitrogen and oxygen atoms in total. The molecule has 2 rings (SSSR count). The molecule has 1 aromatic carbocycles. The minimum atomic E-state index is -0.815. The highest BCUT2D eigenvalue weighted by molar-refractivity contribution is 8.76. The van der Waals surface area contributed by atoms with Crippen LogP contribution in [0.4, 0.5) is 0 Å². The van der Waals surface area contributed by atoms with E-state index in [0.29, 0.717) is 24.3 Å². The molecular weight excluding hydrogens is 484 g/mol. The Morgan fingerprint density at radius 3 is 2.37 bits per heavy atom. The molecule has 0 aliphatic heterocycles. The number of para-hydroxylation sites is 1. The molecule has 0 radical (unpaired) electrons. The van der Waals surface area contributed by atoms with Gasteiger partial charge in [-0.05, 0) is 24.5 Å². The number of primary amides is 1. The number of ketones is 1. The van der Waals surface area contributed by atoms with Crippen LogP contribution in [0.25, 0.3) is 10.9 Å². The van der Waals surface area contributed by atoms with Gasteiger partial charge in [0, 0.05) is 47.4 Å². The lowest BCUT2D eigenvalue weighted by molar-refractivity contribution is -0.129. The fourth-order valence-electron chi connectivity index (χ4n) is 3.37. The molecule has 10 heteroatoms. The molecule has 2 aromatic rings. The molecule has 3 amide bonds. The Morgan fingerprint density at radius 2 is 1.71 bits per heavy atom. The van der Waals surface area contributed by atoms with Crippen molar-refractivity contribution in [2.75, 3.05) is 11.5 Å². The maximum absolute atomic E-state index is 12.7. The standard InChI is InChI=1S/C25H36N4O4S2/c1-5-15(2)10-23(31)28-22(17(4)30)14-35-34-13-16(3)25(33)29-21(24(26)32)11-18-12-27-20-9-7-6-8-19(18)20/h6-9,12,15-16,21-22,27H,5,10-11,13-14H2,1-4H3,(H2,26,32)(H,28,31)(H,29,33)/t15-,16-,21-,22-/m0/s1. The van der Waals surface area contributed by atoms with Crippen molar-refractivity contribution in [3.05, 3.63) is 36.0 Å². The third-order valence-corrected chi connectivity index (χ3v) is 8.49. The molecular formula is C25H36N4O4S2. The predicted octanol–water partition coefficient (Wildman–Crippen LogP) is 3.21. The topological polar surface area (TPSA) is 134 Å². The second kappa shape index (κ2) is 14.2. The van der Waals surface area contributed by atoms with Crippen LogP contribution >= 0.6 is 21.6 Å². The van der Waals surface area contributed by atoms with Gasteiger partial charge in [0.2, 0.25) is 17.7 Å². The van der Waals surface area contributed by atoms with Crippen molar-refractivity contribution in [2.45, 2.75) is 59.0 Å². The van der Waals surface area contributed by atoms with Crippen molar-refractivity contribution in [3.63, 3.8) is 0 Å². The average molecular weight is 521 g/mol. The normalized spacial score (nSPS) is 14.6. The van der Waals surface area contributed by atoms with Gasteiger partial charge >= 0.3 is 0 Å². The lowest BCUT2D eigenvalue weighted by Crippen LogP contribution is -2.47. The number of hydrogen-bond acceptors (Lipinski definition) is 6. The zero-order valence-electron chi connectivity index (χ0n) is 20.8. The molecule has 4 atom stereocenters. The van der Waals surface area contributed by atoms with Crippen molar-refractivity contribution in [2.24, 2.45) is 17.6 Å². The Morgan fingerprint density at radius 1 is 1.03 bits per heavy atom. The maximum atomic E-state index is 12.7. The van der Waals surface area contributed by atoms with E-state index < -0.39 is 18.0 Å². The van der Waals surface area contributed by atoms with E-state index in [1.54, 1.807) is 6.92 Å². The van der Waals surface area contributed by atoms with Crippen molar-refractivity contribution >= 4 is 56.0 Å². The number of nitrogens with one attached hydrogen (secondary N) is 3. The summed E-state index contributed by atoms with van der Waals surface area (Å²) in [5.41, 5.74) is 7.44. The Labute approximate surface area is 214 Å². The van der Waals surface area contributed by atoms with Crippen LogP contribution < -0.4 is 16.4 Å². The van der Waals surface area contributed by atoms with Crippen LogP contribution in [0, 0.1) is 11.8 Å².